The van der Waals surface area contributed by atoms with Gasteiger partial charge in [0.2, 0.25) is 11.8 Å². The van der Waals surface area contributed by atoms with Crippen molar-refractivity contribution in [2.24, 2.45) is 5.41 Å². The van der Waals surface area contributed by atoms with Gasteiger partial charge in [-0.15, -0.1) is 65.0 Å². The average molecular weight is 931 g/mol. The van der Waals surface area contributed by atoms with Crippen LogP contribution in [0.2, 0.25) is 0 Å². The number of fused-ring (bicyclic) bond motifs is 4. The molecule has 0 atom stereocenters. The molecule has 0 amide bonds. The number of ether oxygens (including phenoxy) is 1. The number of hydrogen-bond acceptors (Lipinski definition) is 3. The molecule has 0 fully saturated rings. The van der Waals surface area contributed by atoms with E-state index in [1.807, 2.05) is 77.4 Å². The van der Waals surface area contributed by atoms with Crippen molar-refractivity contribution in [2.45, 2.75) is 52.6 Å². The molecular formula is C47H37F4N3OPt. The minimum absolute atomic E-state index is 0. The van der Waals surface area contributed by atoms with Gasteiger partial charge in [0.1, 0.15) is 11.3 Å². The van der Waals surface area contributed by atoms with Crippen molar-refractivity contribution in [2.75, 3.05) is 0 Å². The van der Waals surface area contributed by atoms with E-state index in [4.69, 9.17) is 14.7 Å². The molecule has 9 heteroatoms. The van der Waals surface area contributed by atoms with Gasteiger partial charge in [0.25, 0.3) is 0 Å². The van der Waals surface area contributed by atoms with Crippen molar-refractivity contribution in [3.05, 3.63) is 150 Å². The molecule has 4 nitrogen and oxygen atoms in total. The van der Waals surface area contributed by atoms with Crippen LogP contribution < -0.4 is 4.74 Å². The van der Waals surface area contributed by atoms with Gasteiger partial charge >= 0.3 is 27.2 Å². The number of rotatable bonds is 7. The fourth-order valence-electron chi connectivity index (χ4n) is 7.10. The molecule has 0 radical (unpaired) electrons. The maximum atomic E-state index is 14.3. The molecule has 0 saturated heterocycles. The second-order valence-corrected chi connectivity index (χ2v) is 15.6. The van der Waals surface area contributed by atoms with Crippen LogP contribution in [0.25, 0.3) is 60.8 Å². The molecular weight excluding hydrogens is 894 g/mol. The van der Waals surface area contributed by atoms with E-state index < -0.39 is 17.4 Å². The first-order chi connectivity index (χ1) is 26.2. The second-order valence-electron chi connectivity index (χ2n) is 15.6. The summed E-state index contributed by atoms with van der Waals surface area (Å²) in [6.07, 6.45) is -4.63. The van der Waals surface area contributed by atoms with Crippen LogP contribution in [0.1, 0.15) is 45.7 Å². The first-order valence-electron chi connectivity index (χ1n) is 18.0. The third-order valence-corrected chi connectivity index (χ3v) is 10.0. The molecule has 284 valence electrons. The molecule has 5 aromatic carbocycles. The van der Waals surface area contributed by atoms with E-state index >= 15 is 0 Å². The maximum Gasteiger partial charge on any atom is 2.00 e. The minimum atomic E-state index is -4.40. The van der Waals surface area contributed by atoms with Gasteiger partial charge in [-0.25, -0.2) is 4.39 Å². The van der Waals surface area contributed by atoms with Gasteiger partial charge in [-0.1, -0.05) is 88.0 Å². The van der Waals surface area contributed by atoms with Gasteiger partial charge in [0.05, 0.1) is 10.9 Å². The Morgan fingerprint density at radius 2 is 1.45 bits per heavy atom. The summed E-state index contributed by atoms with van der Waals surface area (Å²) in [7, 11) is 0. The van der Waals surface area contributed by atoms with Crippen molar-refractivity contribution < 1.29 is 43.4 Å². The summed E-state index contributed by atoms with van der Waals surface area (Å²) in [6.45, 7) is 8.90. The molecule has 0 spiro atoms. The van der Waals surface area contributed by atoms with E-state index in [9.17, 15) is 17.6 Å². The van der Waals surface area contributed by atoms with E-state index in [2.05, 4.69) is 45.0 Å². The molecule has 56 heavy (non-hydrogen) atoms. The normalized spacial score (nSPS) is 12.3. The Bertz CT molecular complexity index is 2720. The van der Waals surface area contributed by atoms with E-state index in [1.165, 1.54) is 26.0 Å². The van der Waals surface area contributed by atoms with Crippen LogP contribution in [0.5, 0.6) is 11.8 Å². The smallest absolute Gasteiger partial charge is 0.420 e. The van der Waals surface area contributed by atoms with Gasteiger partial charge in [0.15, 0.2) is 0 Å². The zero-order valence-corrected chi connectivity index (χ0v) is 33.6. The summed E-state index contributed by atoms with van der Waals surface area (Å²) in [5.74, 6) is 0.0890. The largest absolute Gasteiger partial charge is 2.00 e. The molecule has 0 aliphatic rings. The number of nitrogens with zero attached hydrogens (tertiary/aromatic N) is 3. The van der Waals surface area contributed by atoms with Crippen molar-refractivity contribution in [3.63, 3.8) is 0 Å². The van der Waals surface area contributed by atoms with Crippen LogP contribution in [0.3, 0.4) is 0 Å². The molecule has 3 heterocycles. The minimum Gasteiger partial charge on any atom is -0.420 e. The number of benzene rings is 5. The quantitative estimate of drug-likeness (QED) is 0.118. The van der Waals surface area contributed by atoms with Gasteiger partial charge < -0.3 is 9.30 Å². The fraction of sp³-hybridized carbons (Fsp3) is 0.191. The number of hydrogen-bond donors (Lipinski definition) is 0. The Balaban J connectivity index is 0.00000480. The Morgan fingerprint density at radius 3 is 2.16 bits per heavy atom. The van der Waals surface area contributed by atoms with Gasteiger partial charge in [0, 0.05) is 22.2 Å². The molecule has 8 aromatic rings. The van der Waals surface area contributed by atoms with Gasteiger partial charge in [-0.3, -0.25) is 9.97 Å². The molecule has 0 unspecified atom stereocenters. The summed E-state index contributed by atoms with van der Waals surface area (Å²) in [5, 5.41) is 3.39. The number of alkyl halides is 3. The van der Waals surface area contributed by atoms with Gasteiger partial charge in [-0.2, -0.15) is 13.2 Å². The van der Waals surface area contributed by atoms with Crippen LogP contribution in [0, 0.1) is 23.4 Å². The molecule has 0 saturated carbocycles. The zero-order chi connectivity index (χ0) is 38.7. The summed E-state index contributed by atoms with van der Waals surface area (Å²) < 4.78 is 65.3. The SMILES string of the molecule is CC(C)(C)c1cc(-c2cc3c4cc(CC(C)(C)C(F)(F)F)ccc4n(-c4ccc(F)cc4)c3c(Oc3cccc(-c4[c-]cccc4)n3)n2)[c-]c2ccccc12.[Pt+2]. The van der Waals surface area contributed by atoms with Crippen molar-refractivity contribution in [1.29, 1.82) is 0 Å². The van der Waals surface area contributed by atoms with Crippen molar-refractivity contribution >= 4 is 32.6 Å². The Kier molecular flexibility index (Phi) is 10.2. The molecule has 0 aliphatic carbocycles. The molecule has 0 aliphatic heterocycles. The monoisotopic (exact) mass is 930 g/mol. The number of pyridine rings is 2. The third kappa shape index (κ3) is 7.35. The Hall–Kier alpha value is -5.33. The van der Waals surface area contributed by atoms with Crippen LogP contribution in [-0.4, -0.2) is 20.7 Å². The standard InChI is InChI=1S/C47H37F4N3O.Pt/c1-45(2,3)38-26-32(25-31-14-9-10-15-35(31)38)40-27-37-36-24-29(28-46(4,5)47(49,50)51)18-23-41(36)54(34-21-19-33(48)20-22-34)43(37)44(53-40)55-42-17-11-16-39(52-42)30-12-7-6-8-13-30;/h6-12,14-24,26-27H,28H2,1-5H3;/q-2;+2. The predicted molar refractivity (Wildman–Crippen MR) is 211 cm³/mol. The summed E-state index contributed by atoms with van der Waals surface area (Å²) in [6, 6.07) is 43.3. The summed E-state index contributed by atoms with van der Waals surface area (Å²) >= 11 is 0. The zero-order valence-electron chi connectivity index (χ0n) is 31.3. The second kappa shape index (κ2) is 14.6. The first-order valence-corrected chi connectivity index (χ1v) is 18.0. The predicted octanol–water partition coefficient (Wildman–Crippen LogP) is 13.0. The molecule has 3 aromatic heterocycles. The van der Waals surface area contributed by atoms with E-state index in [0.29, 0.717) is 44.4 Å². The number of aromatic nitrogens is 3. The van der Waals surface area contributed by atoms with Crippen LogP contribution in [0.15, 0.2) is 121 Å². The summed E-state index contributed by atoms with van der Waals surface area (Å²) in [4.78, 5) is 9.98. The van der Waals surface area contributed by atoms with Crippen LogP contribution >= 0.6 is 0 Å². The number of halogens is 4. The third-order valence-electron chi connectivity index (χ3n) is 10.0. The summed E-state index contributed by atoms with van der Waals surface area (Å²) in [5.41, 5.74) is 4.04. The van der Waals surface area contributed by atoms with E-state index in [-0.39, 0.29) is 44.7 Å². The van der Waals surface area contributed by atoms with Crippen LogP contribution in [-0.2, 0) is 32.9 Å². The van der Waals surface area contributed by atoms with Crippen molar-refractivity contribution in [3.8, 4) is 40.0 Å². The van der Waals surface area contributed by atoms with Crippen molar-refractivity contribution in [1.82, 2.24) is 14.5 Å². The molecule has 0 N–H and O–H groups in total. The van der Waals surface area contributed by atoms with E-state index in [1.54, 1.807) is 24.3 Å². The van der Waals surface area contributed by atoms with Crippen LogP contribution in [0.4, 0.5) is 17.6 Å². The Labute approximate surface area is 337 Å². The molecule has 0 bridgehead atoms. The maximum absolute atomic E-state index is 14.3. The van der Waals surface area contributed by atoms with Gasteiger partial charge in [-0.05, 0) is 65.6 Å². The first kappa shape index (κ1) is 38.9. The fourth-order valence-corrected chi connectivity index (χ4v) is 7.10. The Morgan fingerprint density at radius 1 is 0.696 bits per heavy atom. The van der Waals surface area contributed by atoms with E-state index in [0.717, 1.165) is 27.5 Å². The average Bonchev–Trinajstić information content (AvgIpc) is 3.48. The molecule has 8 rings (SSSR count). The topological polar surface area (TPSA) is 39.9 Å².